The number of nitrogens with zero attached hydrogens (tertiary/aromatic N) is 1. The Morgan fingerprint density at radius 2 is 1.96 bits per heavy atom. The number of hydrogen-bond donors (Lipinski definition) is 3. The topological polar surface area (TPSA) is 114 Å². The summed E-state index contributed by atoms with van der Waals surface area (Å²) in [7, 11) is -3.63. The van der Waals surface area contributed by atoms with Crippen LogP contribution in [0.15, 0.2) is 23.1 Å². The number of rotatable bonds is 7. The van der Waals surface area contributed by atoms with E-state index < -0.39 is 10.0 Å². The number of anilines is 2. The Labute approximate surface area is 160 Å². The number of nitrogens with two attached hydrogens (primary N) is 1. The van der Waals surface area contributed by atoms with Crippen molar-refractivity contribution in [3.05, 3.63) is 18.2 Å². The van der Waals surface area contributed by atoms with Crippen LogP contribution >= 0.6 is 12.4 Å². The second-order valence-electron chi connectivity index (χ2n) is 5.88. The Hall–Kier alpha value is -1.39. The lowest BCUT2D eigenvalue weighted by Crippen LogP contribution is -2.40. The van der Waals surface area contributed by atoms with Gasteiger partial charge in [0.2, 0.25) is 15.9 Å². The molecule has 1 heterocycles. The highest BCUT2D eigenvalue weighted by Crippen LogP contribution is 2.28. The van der Waals surface area contributed by atoms with Gasteiger partial charge in [-0.1, -0.05) is 6.92 Å². The Kier molecular flexibility index (Phi) is 8.78. The first-order valence-electron chi connectivity index (χ1n) is 8.37. The predicted octanol–water partition coefficient (Wildman–Crippen LogP) is 1.09. The molecule has 8 nitrogen and oxygen atoms in total. The first-order chi connectivity index (χ1) is 11.9. The van der Waals surface area contributed by atoms with Crippen molar-refractivity contribution in [2.75, 3.05) is 50.0 Å². The molecule has 148 valence electrons. The van der Waals surface area contributed by atoms with E-state index in [2.05, 4.69) is 10.6 Å². The number of halogens is 1. The van der Waals surface area contributed by atoms with Crippen molar-refractivity contribution in [2.24, 2.45) is 11.7 Å². The minimum atomic E-state index is -3.63. The van der Waals surface area contributed by atoms with Gasteiger partial charge in [-0.25, -0.2) is 8.42 Å². The van der Waals surface area contributed by atoms with Crippen LogP contribution in [0.1, 0.15) is 13.8 Å². The SMILES string of the molecule is CCNc1ccc(S(=O)(=O)N2CCOCC2)cc1NC(=O)C(C)CN.Cl. The first kappa shape index (κ1) is 22.7. The van der Waals surface area contributed by atoms with Crippen molar-refractivity contribution < 1.29 is 17.9 Å². The molecule has 1 saturated heterocycles. The highest BCUT2D eigenvalue weighted by molar-refractivity contribution is 7.89. The lowest BCUT2D eigenvalue weighted by Gasteiger charge is -2.26. The number of morpholine rings is 1. The number of benzene rings is 1. The van der Waals surface area contributed by atoms with Gasteiger partial charge >= 0.3 is 0 Å². The number of sulfonamides is 1. The zero-order valence-electron chi connectivity index (χ0n) is 15.0. The van der Waals surface area contributed by atoms with Crippen LogP contribution in [0.5, 0.6) is 0 Å². The van der Waals surface area contributed by atoms with Gasteiger partial charge in [-0.05, 0) is 25.1 Å². The van der Waals surface area contributed by atoms with E-state index in [1.54, 1.807) is 19.1 Å². The maximum Gasteiger partial charge on any atom is 0.243 e. The minimum Gasteiger partial charge on any atom is -0.384 e. The van der Waals surface area contributed by atoms with Crippen LogP contribution in [0, 0.1) is 5.92 Å². The third-order valence-corrected chi connectivity index (χ3v) is 5.92. The molecule has 0 bridgehead atoms. The van der Waals surface area contributed by atoms with Crippen LogP contribution < -0.4 is 16.4 Å². The normalized spacial score (nSPS) is 16.4. The maximum atomic E-state index is 12.8. The van der Waals surface area contributed by atoms with Crippen LogP contribution in [0.25, 0.3) is 0 Å². The van der Waals surface area contributed by atoms with Gasteiger partial charge in [0.1, 0.15) is 0 Å². The van der Waals surface area contributed by atoms with E-state index >= 15 is 0 Å². The molecule has 1 atom stereocenters. The number of nitrogens with one attached hydrogen (secondary N) is 2. The fraction of sp³-hybridized carbons (Fsp3) is 0.562. The van der Waals surface area contributed by atoms with Gasteiger partial charge in [0.15, 0.2) is 0 Å². The fourth-order valence-electron chi connectivity index (χ4n) is 2.43. The van der Waals surface area contributed by atoms with Crippen LogP contribution in [-0.4, -0.2) is 58.0 Å². The number of ether oxygens (including phenoxy) is 1. The molecule has 1 amide bonds. The summed E-state index contributed by atoms with van der Waals surface area (Å²) in [5, 5.41) is 5.89. The molecular weight excluding hydrogens is 380 g/mol. The fourth-order valence-corrected chi connectivity index (χ4v) is 3.87. The maximum absolute atomic E-state index is 12.8. The number of carbonyl (C=O) groups excluding carboxylic acids is 1. The molecule has 1 aliphatic rings. The van der Waals surface area contributed by atoms with Gasteiger partial charge in [0, 0.05) is 32.1 Å². The zero-order valence-corrected chi connectivity index (χ0v) is 16.7. The van der Waals surface area contributed by atoms with Crippen molar-refractivity contribution in [3.8, 4) is 0 Å². The summed E-state index contributed by atoms with van der Waals surface area (Å²) in [5.74, 6) is -0.614. The van der Waals surface area contributed by atoms with E-state index in [4.69, 9.17) is 10.5 Å². The van der Waals surface area contributed by atoms with Crippen LogP contribution in [0.2, 0.25) is 0 Å². The Bertz CT molecular complexity index is 708. The number of amides is 1. The first-order valence-corrected chi connectivity index (χ1v) is 9.81. The summed E-state index contributed by atoms with van der Waals surface area (Å²) >= 11 is 0. The highest BCUT2D eigenvalue weighted by atomic mass is 35.5. The van der Waals surface area contributed by atoms with Crippen LogP contribution in [0.4, 0.5) is 11.4 Å². The Morgan fingerprint density at radius 3 is 2.54 bits per heavy atom. The van der Waals surface area contributed by atoms with Crippen molar-refractivity contribution >= 4 is 39.7 Å². The summed E-state index contributed by atoms with van der Waals surface area (Å²) in [4.78, 5) is 12.3. The number of carbonyl (C=O) groups is 1. The average Bonchev–Trinajstić information content (AvgIpc) is 2.63. The third-order valence-electron chi connectivity index (χ3n) is 4.03. The molecule has 10 heteroatoms. The van der Waals surface area contributed by atoms with E-state index in [-0.39, 0.29) is 35.7 Å². The highest BCUT2D eigenvalue weighted by Gasteiger charge is 2.27. The molecule has 1 unspecified atom stereocenters. The Morgan fingerprint density at radius 1 is 1.31 bits per heavy atom. The van der Waals surface area contributed by atoms with Gasteiger partial charge in [0.25, 0.3) is 0 Å². The monoisotopic (exact) mass is 406 g/mol. The van der Waals surface area contributed by atoms with E-state index in [1.807, 2.05) is 6.92 Å². The van der Waals surface area contributed by atoms with Gasteiger partial charge in [-0.3, -0.25) is 4.79 Å². The van der Waals surface area contributed by atoms with Crippen molar-refractivity contribution in [1.82, 2.24) is 4.31 Å². The second-order valence-corrected chi connectivity index (χ2v) is 7.82. The third kappa shape index (κ3) is 5.31. The molecule has 0 spiro atoms. The Balaban J connectivity index is 0.00000338. The van der Waals surface area contributed by atoms with Gasteiger partial charge in [-0.2, -0.15) is 4.31 Å². The molecule has 0 aromatic heterocycles. The van der Waals surface area contributed by atoms with E-state index in [1.165, 1.54) is 10.4 Å². The molecule has 1 aromatic carbocycles. The second kappa shape index (κ2) is 10.1. The molecule has 2 rings (SSSR count). The van der Waals surface area contributed by atoms with E-state index in [0.29, 0.717) is 44.2 Å². The number of hydrogen-bond acceptors (Lipinski definition) is 6. The summed E-state index contributed by atoms with van der Waals surface area (Å²) in [6.45, 7) is 5.91. The predicted molar refractivity (Wildman–Crippen MR) is 104 cm³/mol. The summed E-state index contributed by atoms with van der Waals surface area (Å²) in [5.41, 5.74) is 6.63. The lowest BCUT2D eigenvalue weighted by molar-refractivity contribution is -0.119. The summed E-state index contributed by atoms with van der Waals surface area (Å²) < 4.78 is 32.2. The molecule has 1 aliphatic heterocycles. The van der Waals surface area contributed by atoms with E-state index in [0.717, 1.165) is 0 Å². The molecular formula is C16H27ClN4O4S. The molecule has 4 N–H and O–H groups in total. The smallest absolute Gasteiger partial charge is 0.243 e. The molecule has 0 saturated carbocycles. The molecule has 0 radical (unpaired) electrons. The zero-order chi connectivity index (χ0) is 18.4. The summed E-state index contributed by atoms with van der Waals surface area (Å²) in [6.07, 6.45) is 0. The summed E-state index contributed by atoms with van der Waals surface area (Å²) in [6, 6.07) is 4.70. The molecule has 1 aromatic rings. The quantitative estimate of drug-likeness (QED) is 0.624. The van der Waals surface area contributed by atoms with Crippen molar-refractivity contribution in [1.29, 1.82) is 0 Å². The molecule has 1 fully saturated rings. The molecule has 0 aliphatic carbocycles. The minimum absolute atomic E-state index is 0. The van der Waals surface area contributed by atoms with Crippen LogP contribution in [0.3, 0.4) is 0 Å². The van der Waals surface area contributed by atoms with Gasteiger partial charge in [0.05, 0.1) is 29.5 Å². The average molecular weight is 407 g/mol. The lowest BCUT2D eigenvalue weighted by atomic mass is 10.1. The van der Waals surface area contributed by atoms with Crippen LogP contribution in [-0.2, 0) is 19.6 Å². The van der Waals surface area contributed by atoms with E-state index in [9.17, 15) is 13.2 Å². The molecule has 26 heavy (non-hydrogen) atoms. The van der Waals surface area contributed by atoms with Gasteiger partial charge < -0.3 is 21.1 Å². The standard InChI is InChI=1S/C16H26N4O4S.ClH/c1-3-18-14-5-4-13(10-15(14)19-16(21)12(2)11-17)25(22,23)20-6-8-24-9-7-20;/h4-5,10,12,18H,3,6-9,11,17H2,1-2H3,(H,19,21);1H. The van der Waals surface area contributed by atoms with Gasteiger partial charge in [-0.15, -0.1) is 12.4 Å². The van der Waals surface area contributed by atoms with Crippen molar-refractivity contribution in [3.63, 3.8) is 0 Å². The van der Waals surface area contributed by atoms with Crippen molar-refractivity contribution in [2.45, 2.75) is 18.7 Å². The largest absolute Gasteiger partial charge is 0.384 e.